The molecule has 94 valence electrons. The molecule has 0 aromatic rings. The van der Waals surface area contributed by atoms with Gasteiger partial charge in [0.25, 0.3) is 0 Å². The second kappa shape index (κ2) is 7.14. The summed E-state index contributed by atoms with van der Waals surface area (Å²) in [6.07, 6.45) is 13.2. The van der Waals surface area contributed by atoms with Crippen LogP contribution in [-0.4, -0.2) is 0 Å². The lowest BCUT2D eigenvalue weighted by molar-refractivity contribution is 0.269. The summed E-state index contributed by atoms with van der Waals surface area (Å²) < 4.78 is 0. The van der Waals surface area contributed by atoms with E-state index in [1.807, 2.05) is 0 Å². The van der Waals surface area contributed by atoms with Crippen molar-refractivity contribution in [2.45, 2.75) is 66.2 Å². The van der Waals surface area contributed by atoms with E-state index in [-0.39, 0.29) is 0 Å². The average molecular weight is 222 g/mol. The van der Waals surface area contributed by atoms with Crippen LogP contribution in [-0.2, 0) is 0 Å². The summed E-state index contributed by atoms with van der Waals surface area (Å²) in [6.45, 7) is 9.57. The van der Waals surface area contributed by atoms with Crippen LogP contribution in [0.1, 0.15) is 66.2 Å². The highest BCUT2D eigenvalue weighted by molar-refractivity contribution is 4.89. The number of hydrogen-bond acceptors (Lipinski definition) is 0. The second-order valence-corrected chi connectivity index (χ2v) is 6.05. The van der Waals surface area contributed by atoms with Crippen molar-refractivity contribution in [1.82, 2.24) is 0 Å². The zero-order valence-corrected chi connectivity index (χ0v) is 11.7. The molecule has 0 aromatic heterocycles. The molecule has 0 bridgehead atoms. The molecule has 0 N–H and O–H groups in total. The highest BCUT2D eigenvalue weighted by Gasteiger charge is 2.18. The van der Waals surface area contributed by atoms with Gasteiger partial charge in [-0.05, 0) is 49.4 Å². The van der Waals surface area contributed by atoms with Gasteiger partial charge in [-0.1, -0.05) is 52.7 Å². The molecular weight excluding hydrogens is 192 g/mol. The van der Waals surface area contributed by atoms with Gasteiger partial charge in [-0.2, -0.15) is 0 Å². The Morgan fingerprint density at radius 2 is 1.81 bits per heavy atom. The Morgan fingerprint density at radius 3 is 2.50 bits per heavy atom. The number of hydrogen-bond donors (Lipinski definition) is 0. The molecule has 0 aliphatic heterocycles. The van der Waals surface area contributed by atoms with Crippen molar-refractivity contribution in [2.24, 2.45) is 23.7 Å². The zero-order valence-electron chi connectivity index (χ0n) is 11.7. The molecule has 1 aliphatic rings. The van der Waals surface area contributed by atoms with Gasteiger partial charge in [-0.3, -0.25) is 0 Å². The van der Waals surface area contributed by atoms with Gasteiger partial charge in [0, 0.05) is 0 Å². The van der Waals surface area contributed by atoms with Gasteiger partial charge in [-0.25, -0.2) is 0 Å². The Kier molecular flexibility index (Phi) is 6.16. The van der Waals surface area contributed by atoms with Gasteiger partial charge in [-0.15, -0.1) is 0 Å². The van der Waals surface area contributed by atoms with Crippen LogP contribution in [0.15, 0.2) is 12.2 Å². The smallest absolute Gasteiger partial charge is 0.0262 e. The summed E-state index contributed by atoms with van der Waals surface area (Å²) in [5, 5.41) is 0. The molecule has 0 radical (unpaired) electrons. The lowest BCUT2D eigenvalue weighted by atomic mass is 9.80. The molecule has 0 aromatic carbocycles. The van der Waals surface area contributed by atoms with Crippen LogP contribution in [0.4, 0.5) is 0 Å². The van der Waals surface area contributed by atoms with Crippen LogP contribution in [0.2, 0.25) is 0 Å². The van der Waals surface area contributed by atoms with Gasteiger partial charge in [0.05, 0.1) is 0 Å². The minimum absolute atomic E-state index is 0.789. The van der Waals surface area contributed by atoms with Crippen molar-refractivity contribution in [3.8, 4) is 0 Å². The first-order valence-electron chi connectivity index (χ1n) is 7.30. The zero-order chi connectivity index (χ0) is 12.0. The van der Waals surface area contributed by atoms with E-state index in [0.29, 0.717) is 0 Å². The molecule has 0 nitrogen and oxygen atoms in total. The molecule has 0 amide bonds. The minimum atomic E-state index is 0.789. The fourth-order valence-corrected chi connectivity index (χ4v) is 2.78. The van der Waals surface area contributed by atoms with Gasteiger partial charge >= 0.3 is 0 Å². The molecule has 0 saturated heterocycles. The first-order chi connectivity index (χ1) is 7.63. The molecule has 0 heteroatoms. The number of rotatable bonds is 2. The van der Waals surface area contributed by atoms with E-state index in [1.54, 1.807) is 0 Å². The molecular formula is C16H30. The first kappa shape index (κ1) is 13.8. The maximum atomic E-state index is 2.45. The van der Waals surface area contributed by atoms with Crippen LogP contribution < -0.4 is 0 Å². The van der Waals surface area contributed by atoms with Gasteiger partial charge in [0.2, 0.25) is 0 Å². The molecule has 0 spiro atoms. The quantitative estimate of drug-likeness (QED) is 0.546. The maximum absolute atomic E-state index is 2.45. The topological polar surface area (TPSA) is 0 Å². The van der Waals surface area contributed by atoms with E-state index in [4.69, 9.17) is 0 Å². The van der Waals surface area contributed by atoms with Crippen molar-refractivity contribution in [1.29, 1.82) is 0 Å². The van der Waals surface area contributed by atoms with Crippen LogP contribution in [0.3, 0.4) is 0 Å². The average Bonchev–Trinajstić information content (AvgIpc) is 2.28. The van der Waals surface area contributed by atoms with Crippen molar-refractivity contribution in [3.05, 3.63) is 12.2 Å². The first-order valence-corrected chi connectivity index (χ1v) is 7.30. The fourth-order valence-electron chi connectivity index (χ4n) is 2.78. The molecule has 16 heavy (non-hydrogen) atoms. The summed E-state index contributed by atoms with van der Waals surface area (Å²) in [6, 6.07) is 0. The predicted octanol–water partition coefficient (Wildman–Crippen LogP) is 5.44. The monoisotopic (exact) mass is 222 g/mol. The Hall–Kier alpha value is -0.260. The molecule has 0 heterocycles. The van der Waals surface area contributed by atoms with E-state index >= 15 is 0 Å². The van der Waals surface area contributed by atoms with E-state index in [1.165, 1.54) is 38.5 Å². The molecule has 4 atom stereocenters. The third-order valence-corrected chi connectivity index (χ3v) is 4.47. The highest BCUT2D eigenvalue weighted by atomic mass is 14.2. The van der Waals surface area contributed by atoms with Crippen LogP contribution in [0.25, 0.3) is 0 Å². The van der Waals surface area contributed by atoms with Crippen LogP contribution >= 0.6 is 0 Å². The van der Waals surface area contributed by atoms with Gasteiger partial charge < -0.3 is 0 Å². The van der Waals surface area contributed by atoms with Crippen LogP contribution in [0.5, 0.6) is 0 Å². The van der Waals surface area contributed by atoms with Crippen LogP contribution in [0, 0.1) is 23.7 Å². The second-order valence-electron chi connectivity index (χ2n) is 6.05. The molecule has 0 fully saturated rings. The molecule has 1 rings (SSSR count). The summed E-state index contributed by atoms with van der Waals surface area (Å²) in [7, 11) is 0. The highest BCUT2D eigenvalue weighted by Crippen LogP contribution is 2.30. The molecule has 1 aliphatic carbocycles. The Balaban J connectivity index is 2.56. The van der Waals surface area contributed by atoms with E-state index in [0.717, 1.165) is 23.7 Å². The summed E-state index contributed by atoms with van der Waals surface area (Å²) in [5.74, 6) is 3.56. The summed E-state index contributed by atoms with van der Waals surface area (Å²) in [5.41, 5.74) is 0. The van der Waals surface area contributed by atoms with Crippen molar-refractivity contribution < 1.29 is 0 Å². The van der Waals surface area contributed by atoms with Gasteiger partial charge in [0.1, 0.15) is 0 Å². The Labute approximate surface area is 103 Å². The SMILES string of the molecule is CC[C@H](C)[C@H]1CC[C@@H](C)C/C=C\[C@H](C)CC1. The van der Waals surface area contributed by atoms with Crippen molar-refractivity contribution >= 4 is 0 Å². The van der Waals surface area contributed by atoms with E-state index in [9.17, 15) is 0 Å². The minimum Gasteiger partial charge on any atom is -0.0880 e. The normalized spacial score (nSPS) is 36.6. The Bertz CT molecular complexity index is 204. The Morgan fingerprint density at radius 1 is 1.12 bits per heavy atom. The van der Waals surface area contributed by atoms with Crippen molar-refractivity contribution in [3.63, 3.8) is 0 Å². The summed E-state index contributed by atoms with van der Waals surface area (Å²) >= 11 is 0. The third-order valence-electron chi connectivity index (χ3n) is 4.47. The number of allylic oxidation sites excluding steroid dienone is 2. The fraction of sp³-hybridized carbons (Fsp3) is 0.875. The standard InChI is InChI=1S/C16H30/c1-5-15(4)16-11-9-13(2)7-6-8-14(3)10-12-16/h6-7,13-16H,5,8-12H2,1-4H3/b7-6-/t13-,14-,15-,16+/m0/s1. The van der Waals surface area contributed by atoms with E-state index in [2.05, 4.69) is 39.8 Å². The van der Waals surface area contributed by atoms with Gasteiger partial charge in [0.15, 0.2) is 0 Å². The maximum Gasteiger partial charge on any atom is -0.0262 e. The lowest BCUT2D eigenvalue weighted by Crippen LogP contribution is -2.14. The largest absolute Gasteiger partial charge is 0.0880 e. The molecule has 0 unspecified atom stereocenters. The predicted molar refractivity (Wildman–Crippen MR) is 73.5 cm³/mol. The lowest BCUT2D eigenvalue weighted by Gasteiger charge is -2.26. The molecule has 0 saturated carbocycles. The third kappa shape index (κ3) is 4.72. The van der Waals surface area contributed by atoms with E-state index < -0.39 is 0 Å². The van der Waals surface area contributed by atoms with Crippen molar-refractivity contribution in [2.75, 3.05) is 0 Å². The summed E-state index contributed by atoms with van der Waals surface area (Å²) in [4.78, 5) is 0.